The molecule has 1 aliphatic rings. The fraction of sp³-hybridized carbons (Fsp3) is 0.417. The minimum Gasteiger partial charge on any atom is -0.456 e. The normalized spacial score (nSPS) is 26.9. The van der Waals surface area contributed by atoms with Crippen LogP contribution in [0, 0.1) is 0 Å². The van der Waals surface area contributed by atoms with Crippen molar-refractivity contribution < 1.29 is 9.53 Å². The fourth-order valence-electron chi connectivity index (χ4n) is 1.79. The number of halogens is 1. The van der Waals surface area contributed by atoms with Crippen molar-refractivity contribution in [1.29, 1.82) is 0 Å². The maximum Gasteiger partial charge on any atom is 0.306 e. The van der Waals surface area contributed by atoms with Crippen molar-refractivity contribution >= 4 is 21.9 Å². The lowest BCUT2D eigenvalue weighted by molar-refractivity contribution is -0.148. The standard InChI is InChI=1S/C12H13BrO2/c13-10-7-4-8-11(14)15-12(10)9-5-2-1-3-6-9/h1-3,5-6,10,12H,4,7-8H2/i14+1. The molecule has 0 saturated carbocycles. The fourth-order valence-corrected chi connectivity index (χ4v) is 2.52. The van der Waals surface area contributed by atoms with Gasteiger partial charge in [0.05, 0.1) is 4.83 Å². The van der Waals surface area contributed by atoms with E-state index in [1.165, 1.54) is 0 Å². The lowest BCUT2D eigenvalue weighted by Crippen LogP contribution is -2.15. The monoisotopic (exact) mass is 269 g/mol. The molecule has 0 amide bonds. The van der Waals surface area contributed by atoms with E-state index in [4.69, 9.17) is 4.74 Å². The molecule has 0 aromatic heterocycles. The summed E-state index contributed by atoms with van der Waals surface area (Å²) < 4.78 is 5.42. The first-order chi connectivity index (χ1) is 7.27. The van der Waals surface area contributed by atoms with Crippen LogP contribution in [0.2, 0.25) is 0 Å². The Labute approximate surface area is 97.8 Å². The van der Waals surface area contributed by atoms with Gasteiger partial charge in [-0.3, -0.25) is 4.79 Å². The largest absolute Gasteiger partial charge is 0.456 e. The highest BCUT2D eigenvalue weighted by molar-refractivity contribution is 9.09. The van der Waals surface area contributed by atoms with E-state index in [1.807, 2.05) is 30.3 Å². The zero-order chi connectivity index (χ0) is 10.7. The quantitative estimate of drug-likeness (QED) is 0.578. The number of carbonyl (C=O) groups excluding carboxylic acids is 1. The molecule has 0 radical (unpaired) electrons. The first kappa shape index (κ1) is 10.7. The molecule has 0 spiro atoms. The molecule has 80 valence electrons. The van der Waals surface area contributed by atoms with Gasteiger partial charge in [-0.15, -0.1) is 0 Å². The van der Waals surface area contributed by atoms with Crippen LogP contribution in [-0.4, -0.2) is 10.8 Å². The molecule has 2 rings (SSSR count). The first-order valence-electron chi connectivity index (χ1n) is 5.16. The third kappa shape index (κ3) is 2.59. The summed E-state index contributed by atoms with van der Waals surface area (Å²) in [5, 5.41) is 0. The van der Waals surface area contributed by atoms with Gasteiger partial charge in [-0.05, 0) is 18.4 Å². The SMILES string of the molecule is [17O]=C1CCCC(Br)C(c2ccccc2)O1. The Morgan fingerprint density at radius 2 is 2.00 bits per heavy atom. The van der Waals surface area contributed by atoms with E-state index in [2.05, 4.69) is 15.9 Å². The van der Waals surface area contributed by atoms with Crippen LogP contribution in [0.1, 0.15) is 30.9 Å². The highest BCUT2D eigenvalue weighted by Gasteiger charge is 2.27. The zero-order valence-electron chi connectivity index (χ0n) is 8.36. The number of carbonyl (C=O) groups is 1. The molecule has 1 aromatic rings. The van der Waals surface area contributed by atoms with Crippen LogP contribution in [-0.2, 0) is 9.53 Å². The van der Waals surface area contributed by atoms with E-state index in [9.17, 15) is 4.79 Å². The number of benzene rings is 1. The van der Waals surface area contributed by atoms with Gasteiger partial charge in [-0.25, -0.2) is 0 Å². The van der Waals surface area contributed by atoms with Gasteiger partial charge in [0.25, 0.3) is 0 Å². The summed E-state index contributed by atoms with van der Waals surface area (Å²) in [5.74, 6) is -0.0918. The Balaban J connectivity index is 2.21. The summed E-state index contributed by atoms with van der Waals surface area (Å²) in [5.41, 5.74) is 1.06. The van der Waals surface area contributed by atoms with Gasteiger partial charge in [-0.2, -0.15) is 0 Å². The molecule has 1 aliphatic heterocycles. The second-order valence-corrected chi connectivity index (χ2v) is 4.91. The van der Waals surface area contributed by atoms with Crippen LogP contribution in [0.3, 0.4) is 0 Å². The van der Waals surface area contributed by atoms with Crippen molar-refractivity contribution in [2.24, 2.45) is 0 Å². The number of alkyl halides is 1. The van der Waals surface area contributed by atoms with Crippen molar-refractivity contribution in [3.8, 4) is 0 Å². The second-order valence-electron chi connectivity index (χ2n) is 3.73. The number of rotatable bonds is 1. The summed E-state index contributed by atoms with van der Waals surface area (Å²) in [6.07, 6.45) is 2.27. The second kappa shape index (κ2) is 4.79. The number of hydrogen-bond acceptors (Lipinski definition) is 2. The number of esters is 1. The Hall–Kier alpha value is -0.830. The van der Waals surface area contributed by atoms with Crippen LogP contribution in [0.25, 0.3) is 0 Å². The van der Waals surface area contributed by atoms with Crippen molar-refractivity contribution in [1.82, 2.24) is 0 Å². The van der Waals surface area contributed by atoms with E-state index < -0.39 is 0 Å². The maximum absolute atomic E-state index is 11.4. The van der Waals surface area contributed by atoms with E-state index in [0.29, 0.717) is 6.42 Å². The van der Waals surface area contributed by atoms with E-state index in [1.54, 1.807) is 0 Å². The lowest BCUT2D eigenvalue weighted by atomic mass is 10.0. The van der Waals surface area contributed by atoms with Gasteiger partial charge in [0.15, 0.2) is 0 Å². The van der Waals surface area contributed by atoms with E-state index >= 15 is 0 Å². The van der Waals surface area contributed by atoms with Crippen molar-refractivity contribution in [3.05, 3.63) is 35.9 Å². The molecular formula is C12H13BrO2. The van der Waals surface area contributed by atoms with Crippen LogP contribution in [0.5, 0.6) is 0 Å². The van der Waals surface area contributed by atoms with Gasteiger partial charge in [0, 0.05) is 6.42 Å². The summed E-state index contributed by atoms with van der Waals surface area (Å²) in [6, 6.07) is 9.89. The van der Waals surface area contributed by atoms with Gasteiger partial charge in [0.1, 0.15) is 6.10 Å². The average Bonchev–Trinajstić information content (AvgIpc) is 2.42. The summed E-state index contributed by atoms with van der Waals surface area (Å²) in [7, 11) is 0. The first-order valence-corrected chi connectivity index (χ1v) is 6.07. The van der Waals surface area contributed by atoms with Crippen LogP contribution in [0.15, 0.2) is 30.3 Å². The average molecular weight is 270 g/mol. The van der Waals surface area contributed by atoms with Crippen LogP contribution >= 0.6 is 15.9 Å². The molecule has 3 heteroatoms. The third-order valence-electron chi connectivity index (χ3n) is 2.58. The van der Waals surface area contributed by atoms with Crippen molar-refractivity contribution in [3.63, 3.8) is 0 Å². The van der Waals surface area contributed by atoms with Gasteiger partial charge < -0.3 is 4.74 Å². The highest BCUT2D eigenvalue weighted by atomic mass is 79.9. The lowest BCUT2D eigenvalue weighted by Gasteiger charge is -2.20. The molecule has 1 fully saturated rings. The van der Waals surface area contributed by atoms with Gasteiger partial charge in [-0.1, -0.05) is 46.3 Å². The molecule has 1 heterocycles. The molecule has 2 atom stereocenters. The van der Waals surface area contributed by atoms with E-state index in [-0.39, 0.29) is 16.9 Å². The summed E-state index contributed by atoms with van der Waals surface area (Å²) in [4.78, 5) is 11.6. The summed E-state index contributed by atoms with van der Waals surface area (Å²) >= 11 is 3.59. The summed E-state index contributed by atoms with van der Waals surface area (Å²) in [6.45, 7) is 0. The maximum atomic E-state index is 11.4. The molecule has 2 unspecified atom stereocenters. The van der Waals surface area contributed by atoms with Crippen LogP contribution in [0.4, 0.5) is 0 Å². The topological polar surface area (TPSA) is 26.3 Å². The predicted octanol–water partition coefficient (Wildman–Crippen LogP) is 3.22. The van der Waals surface area contributed by atoms with Gasteiger partial charge in [0.2, 0.25) is 0 Å². The Kier molecular flexibility index (Phi) is 3.41. The molecule has 0 N–H and O–H groups in total. The Morgan fingerprint density at radius 1 is 1.27 bits per heavy atom. The number of cyclic esters (lactones) is 1. The number of hydrogen-bond donors (Lipinski definition) is 0. The van der Waals surface area contributed by atoms with Gasteiger partial charge >= 0.3 is 5.97 Å². The molecule has 15 heavy (non-hydrogen) atoms. The Bertz CT molecular complexity index is 337. The third-order valence-corrected chi connectivity index (χ3v) is 3.51. The van der Waals surface area contributed by atoms with Crippen molar-refractivity contribution in [2.75, 3.05) is 0 Å². The zero-order valence-corrected chi connectivity index (χ0v) is 9.94. The Morgan fingerprint density at radius 3 is 2.73 bits per heavy atom. The molecule has 0 aliphatic carbocycles. The van der Waals surface area contributed by atoms with Crippen LogP contribution < -0.4 is 0 Å². The number of ether oxygens (including phenoxy) is 1. The molecule has 2 nitrogen and oxygen atoms in total. The molecule has 1 aromatic carbocycles. The van der Waals surface area contributed by atoms with E-state index in [0.717, 1.165) is 18.4 Å². The minimum absolute atomic E-state index is 0.0918. The predicted molar refractivity (Wildman–Crippen MR) is 61.8 cm³/mol. The molecule has 0 bridgehead atoms. The highest BCUT2D eigenvalue weighted by Crippen LogP contribution is 2.32. The van der Waals surface area contributed by atoms with Crippen molar-refractivity contribution in [2.45, 2.75) is 30.2 Å². The minimum atomic E-state index is -0.138. The molecule has 1 saturated heterocycles. The molecular weight excluding hydrogens is 257 g/mol. The smallest absolute Gasteiger partial charge is 0.306 e.